The molecule has 0 aromatic heterocycles. The van der Waals surface area contributed by atoms with E-state index in [2.05, 4.69) is 10.5 Å². The number of nitrogens with one attached hydrogen (secondary N) is 1. The summed E-state index contributed by atoms with van der Waals surface area (Å²) in [4.78, 5) is 68.3. The van der Waals surface area contributed by atoms with Crippen LogP contribution in [0.25, 0.3) is 0 Å². The Bertz CT molecular complexity index is 2480. The van der Waals surface area contributed by atoms with Gasteiger partial charge in [-0.2, -0.15) is 5.10 Å². The molecule has 8 rings (SSSR count). The number of amides is 3. The normalized spacial score (nSPS) is 27.3. The van der Waals surface area contributed by atoms with Crippen LogP contribution in [-0.2, 0) is 35.0 Å². The Morgan fingerprint density at radius 1 is 1.02 bits per heavy atom. The number of aliphatic hydroxyl groups is 3. The lowest BCUT2D eigenvalue weighted by Crippen LogP contribution is -2.59. The molecule has 0 spiro atoms. The van der Waals surface area contributed by atoms with Gasteiger partial charge >= 0.3 is 0 Å². The number of phenolic OH excluding ortho intramolecular Hbond substituents is 2. The molecule has 63 heavy (non-hydrogen) atoms. The van der Waals surface area contributed by atoms with E-state index >= 15 is 4.39 Å². The maximum Gasteiger partial charge on any atom is 0.271 e. The summed E-state index contributed by atoms with van der Waals surface area (Å²) in [6.07, 6.45) is -4.27. The minimum absolute atomic E-state index is 0.0365. The number of ketones is 2. The molecular formula is C43H43FN4O15. The fourth-order valence-corrected chi connectivity index (χ4v) is 8.93. The zero-order valence-electron chi connectivity index (χ0n) is 34.1. The predicted molar refractivity (Wildman–Crippen MR) is 214 cm³/mol. The van der Waals surface area contributed by atoms with Gasteiger partial charge < -0.3 is 49.2 Å². The first-order chi connectivity index (χ1) is 30.1. The number of carbonyl (C=O) groups is 5. The first-order valence-electron chi connectivity index (χ1n) is 19.9. The Hall–Kier alpha value is -5.97. The van der Waals surface area contributed by atoms with Crippen LogP contribution in [-0.4, -0.2) is 142 Å². The summed E-state index contributed by atoms with van der Waals surface area (Å²) in [5.74, 6) is -6.81. The third-order valence-corrected chi connectivity index (χ3v) is 12.1. The van der Waals surface area contributed by atoms with Crippen molar-refractivity contribution in [1.29, 1.82) is 0 Å². The van der Waals surface area contributed by atoms with Crippen LogP contribution in [0.1, 0.15) is 79.2 Å². The third kappa shape index (κ3) is 7.57. The Labute approximate surface area is 357 Å². The van der Waals surface area contributed by atoms with E-state index < -0.39 is 131 Å². The molecule has 2 aliphatic carbocycles. The van der Waals surface area contributed by atoms with Crippen molar-refractivity contribution < 1.29 is 77.6 Å². The van der Waals surface area contributed by atoms with Crippen LogP contribution >= 0.6 is 0 Å². The molecule has 2 saturated heterocycles. The molecule has 20 heteroatoms. The Morgan fingerprint density at radius 3 is 2.43 bits per heavy atom. The van der Waals surface area contributed by atoms with E-state index in [0.29, 0.717) is 24.6 Å². The number of aliphatic hydroxyl groups excluding tert-OH is 2. The summed E-state index contributed by atoms with van der Waals surface area (Å²) in [5, 5.41) is 62.4. The molecular weight excluding hydrogens is 831 g/mol. The Morgan fingerprint density at radius 2 is 1.75 bits per heavy atom. The van der Waals surface area contributed by atoms with Crippen LogP contribution in [0.3, 0.4) is 0 Å². The highest BCUT2D eigenvalue weighted by Crippen LogP contribution is 2.53. The van der Waals surface area contributed by atoms with E-state index in [1.54, 1.807) is 6.92 Å². The largest absolute Gasteiger partial charge is 0.507 e. The number of aromatic hydroxyl groups is 2. The van der Waals surface area contributed by atoms with Crippen LogP contribution in [0.5, 0.6) is 17.2 Å². The van der Waals surface area contributed by atoms with E-state index in [0.717, 1.165) is 30.4 Å². The zero-order valence-corrected chi connectivity index (χ0v) is 34.1. The number of methoxy groups -OCH3 is 2. The maximum absolute atomic E-state index is 15.2. The summed E-state index contributed by atoms with van der Waals surface area (Å²) in [7, 11) is 2.79. The SMILES string of the molecule is COc1cccc2c1C(=O)c1c(O)c3c(c(O)c1C2=O)C[C@@](O)(/C(CO)=N/NC(=O)c1ccc(N2C(=O)C=CC2=O)c(F)c1)C[C@@H]3O[C@H]1CC(N2CCO[C@@H](OC)C2)[C@H](O)[C@H](C)O1. The molecule has 3 heterocycles. The molecule has 6 N–H and O–H groups in total. The maximum atomic E-state index is 15.2. The number of hydrazone groups is 1. The molecule has 3 aromatic rings. The van der Waals surface area contributed by atoms with Crippen LogP contribution in [0.15, 0.2) is 53.7 Å². The number of fused-ring (bicyclic) bond motifs is 3. The van der Waals surface area contributed by atoms with Gasteiger partial charge in [0.1, 0.15) is 28.7 Å². The highest BCUT2D eigenvalue weighted by atomic mass is 19.1. The number of anilines is 1. The average Bonchev–Trinajstić information content (AvgIpc) is 3.60. The number of hydrogen-bond donors (Lipinski definition) is 6. The lowest BCUT2D eigenvalue weighted by molar-refractivity contribution is -0.265. The molecule has 19 nitrogen and oxygen atoms in total. The predicted octanol–water partition coefficient (Wildman–Crippen LogP) is 1.13. The first kappa shape index (κ1) is 43.7. The van der Waals surface area contributed by atoms with Gasteiger partial charge in [0.2, 0.25) is 5.78 Å². The number of carbonyl (C=O) groups excluding carboxylic acids is 5. The summed E-state index contributed by atoms with van der Waals surface area (Å²) in [5.41, 5.74) is -3.16. The molecule has 7 atom stereocenters. The van der Waals surface area contributed by atoms with Gasteiger partial charge in [0.15, 0.2) is 18.4 Å². The van der Waals surface area contributed by atoms with Gasteiger partial charge in [-0.3, -0.25) is 28.9 Å². The van der Waals surface area contributed by atoms with Crippen LogP contribution in [0.4, 0.5) is 10.1 Å². The second kappa shape index (κ2) is 17.0. The number of benzene rings is 3. The van der Waals surface area contributed by atoms with E-state index in [1.165, 1.54) is 32.4 Å². The van der Waals surface area contributed by atoms with Crippen LogP contribution in [0.2, 0.25) is 0 Å². The molecule has 332 valence electrons. The van der Waals surface area contributed by atoms with Crippen molar-refractivity contribution in [1.82, 2.24) is 10.3 Å². The topological polar surface area (TPSA) is 264 Å². The number of imide groups is 1. The van der Waals surface area contributed by atoms with Crippen molar-refractivity contribution in [2.75, 3.05) is 45.4 Å². The fourth-order valence-electron chi connectivity index (χ4n) is 8.93. The van der Waals surface area contributed by atoms with Crippen molar-refractivity contribution in [3.05, 3.63) is 93.3 Å². The molecule has 0 bridgehead atoms. The van der Waals surface area contributed by atoms with Gasteiger partial charge in [-0.1, -0.05) is 12.1 Å². The monoisotopic (exact) mass is 874 g/mol. The van der Waals surface area contributed by atoms with Crippen molar-refractivity contribution in [3.63, 3.8) is 0 Å². The molecule has 2 fully saturated rings. The van der Waals surface area contributed by atoms with E-state index in [4.69, 9.17) is 23.7 Å². The number of ether oxygens (including phenoxy) is 5. The number of halogens is 1. The number of phenols is 2. The number of morpholine rings is 1. The minimum atomic E-state index is -2.33. The van der Waals surface area contributed by atoms with Crippen LogP contribution in [0, 0.1) is 5.82 Å². The number of nitrogens with zero attached hydrogens (tertiary/aromatic N) is 3. The summed E-state index contributed by atoms with van der Waals surface area (Å²) in [6, 6.07) is 6.65. The molecule has 5 aliphatic rings. The van der Waals surface area contributed by atoms with Gasteiger partial charge in [-0.05, 0) is 31.2 Å². The highest BCUT2D eigenvalue weighted by molar-refractivity contribution is 6.31. The van der Waals surface area contributed by atoms with Gasteiger partial charge in [-0.25, -0.2) is 14.7 Å². The summed E-state index contributed by atoms with van der Waals surface area (Å²) >= 11 is 0. The molecule has 0 radical (unpaired) electrons. The second-order valence-electron chi connectivity index (χ2n) is 15.7. The molecule has 3 amide bonds. The minimum Gasteiger partial charge on any atom is -0.507 e. The van der Waals surface area contributed by atoms with E-state index in [-0.39, 0.29) is 40.0 Å². The average molecular weight is 875 g/mol. The van der Waals surface area contributed by atoms with Crippen molar-refractivity contribution in [2.24, 2.45) is 5.10 Å². The molecule has 1 unspecified atom stereocenters. The quantitative estimate of drug-likeness (QED) is 0.0565. The van der Waals surface area contributed by atoms with E-state index in [1.807, 2.05) is 4.90 Å². The van der Waals surface area contributed by atoms with Gasteiger partial charge in [0.25, 0.3) is 17.7 Å². The second-order valence-corrected chi connectivity index (χ2v) is 15.7. The highest BCUT2D eigenvalue weighted by Gasteiger charge is 2.50. The Kier molecular flexibility index (Phi) is 11.8. The van der Waals surface area contributed by atoms with Gasteiger partial charge in [-0.15, -0.1) is 0 Å². The van der Waals surface area contributed by atoms with Crippen molar-refractivity contribution >= 4 is 40.7 Å². The first-order valence-corrected chi connectivity index (χ1v) is 19.9. The fraction of sp³-hybridized carbons (Fsp3) is 0.395. The smallest absolute Gasteiger partial charge is 0.271 e. The lowest BCUT2D eigenvalue weighted by atomic mass is 9.71. The lowest BCUT2D eigenvalue weighted by Gasteiger charge is -2.47. The Balaban J connectivity index is 1.16. The number of rotatable bonds is 10. The summed E-state index contributed by atoms with van der Waals surface area (Å²) < 4.78 is 44.2. The zero-order chi connectivity index (χ0) is 45.1. The number of hydrogen-bond acceptors (Lipinski definition) is 17. The standard InChI is InChI=1S/C43H43FN4O15/c1-19-37(52)25(47-11-12-61-32(17-47)60-3)14-31(62-19)63-27-16-43(58,28(18-49)45-46-42(57)20-7-8-24(23(44)13-20)48-29(50)9-10-30(48)51)15-22-34(27)41(56)36-35(39(22)54)38(53)21-5-4-6-26(59-2)33(21)40(36)55/h4-10,13,19,25,27,31-32,37,49,52,54,56,58H,11-12,14-18H2,1-3H3,(H,46,57)/b45-28+/t19-,25?,27-,31-,32+,37+,43-/m0/s1. The third-order valence-electron chi connectivity index (χ3n) is 12.1. The molecule has 3 aromatic carbocycles. The van der Waals surface area contributed by atoms with Crippen molar-refractivity contribution in [2.45, 2.75) is 68.7 Å². The van der Waals surface area contributed by atoms with Gasteiger partial charge in [0, 0.05) is 79.9 Å². The van der Waals surface area contributed by atoms with E-state index in [9.17, 15) is 49.5 Å². The van der Waals surface area contributed by atoms with Crippen LogP contribution < -0.4 is 15.1 Å². The molecule has 3 aliphatic heterocycles. The van der Waals surface area contributed by atoms with Gasteiger partial charge in [0.05, 0.1) is 66.7 Å². The van der Waals surface area contributed by atoms with Crippen molar-refractivity contribution in [3.8, 4) is 17.2 Å². The summed E-state index contributed by atoms with van der Waals surface area (Å²) in [6.45, 7) is 1.66. The molecule has 0 saturated carbocycles.